The fourth-order valence-corrected chi connectivity index (χ4v) is 0.942. The molecule has 1 rings (SSSR count). The number of rotatable bonds is 3. The normalized spacial score (nSPS) is 31.0. The molecule has 5 heteroatoms. The van der Waals surface area contributed by atoms with E-state index in [1.165, 1.54) is 11.8 Å². The first-order valence-electron chi connectivity index (χ1n) is 3.25. The molecule has 1 fully saturated rings. The molecular formula is C6H9NO4. The number of nitrogens with zero attached hydrogens (tertiary/aromatic N) is 1. The molecule has 0 aromatic heterocycles. The van der Waals surface area contributed by atoms with Crippen LogP contribution in [0.4, 0.5) is 0 Å². The number of hydrogen-bond acceptors (Lipinski definition) is 3. The molecule has 0 radical (unpaired) electrons. The van der Waals surface area contributed by atoms with Gasteiger partial charge < -0.3 is 10.2 Å². The highest BCUT2D eigenvalue weighted by atomic mass is 16.4. The van der Waals surface area contributed by atoms with Gasteiger partial charge in [-0.3, -0.25) is 14.5 Å². The summed E-state index contributed by atoms with van der Waals surface area (Å²) in [6.07, 6.45) is 0. The third-order valence-electron chi connectivity index (χ3n) is 1.79. The third-order valence-corrected chi connectivity index (χ3v) is 1.79. The molecular weight excluding hydrogens is 150 g/mol. The molecule has 11 heavy (non-hydrogen) atoms. The summed E-state index contributed by atoms with van der Waals surface area (Å²) in [6, 6.07) is -1.27. The lowest BCUT2D eigenvalue weighted by Crippen LogP contribution is -2.28. The van der Waals surface area contributed by atoms with E-state index in [9.17, 15) is 9.59 Å². The van der Waals surface area contributed by atoms with Crippen LogP contribution in [0.3, 0.4) is 0 Å². The maximum Gasteiger partial charge on any atom is 0.322 e. The molecule has 1 saturated heterocycles. The van der Waals surface area contributed by atoms with Gasteiger partial charge in [-0.15, -0.1) is 0 Å². The largest absolute Gasteiger partial charge is 0.480 e. The Hall–Kier alpha value is -1.10. The summed E-state index contributed by atoms with van der Waals surface area (Å²) in [5.74, 6) is -1.92. The predicted molar refractivity (Wildman–Crippen MR) is 35.2 cm³/mol. The van der Waals surface area contributed by atoms with Crippen molar-refractivity contribution in [2.45, 2.75) is 19.0 Å². The molecule has 0 aromatic rings. The van der Waals surface area contributed by atoms with Gasteiger partial charge in [0.15, 0.2) is 0 Å². The number of hydrogen-bond donors (Lipinski definition) is 2. The van der Waals surface area contributed by atoms with E-state index in [0.717, 1.165) is 0 Å². The maximum absolute atomic E-state index is 10.3. The first kappa shape index (κ1) is 8.00. The summed E-state index contributed by atoms with van der Waals surface area (Å²) in [5, 5.41) is 16.9. The fraction of sp³-hybridized carbons (Fsp3) is 0.667. The Bertz CT molecular complexity index is 203. The zero-order chi connectivity index (χ0) is 8.59. The molecule has 1 aliphatic heterocycles. The molecule has 1 aliphatic rings. The lowest BCUT2D eigenvalue weighted by molar-refractivity contribution is -0.141. The van der Waals surface area contributed by atoms with Crippen LogP contribution in [0.15, 0.2) is 0 Å². The second-order valence-electron chi connectivity index (χ2n) is 2.57. The number of carbonyl (C=O) groups is 2. The van der Waals surface area contributed by atoms with Crippen molar-refractivity contribution in [2.75, 3.05) is 6.54 Å². The summed E-state index contributed by atoms with van der Waals surface area (Å²) in [7, 11) is 0. The molecule has 0 spiro atoms. The maximum atomic E-state index is 10.3. The van der Waals surface area contributed by atoms with Crippen LogP contribution in [0, 0.1) is 0 Å². The van der Waals surface area contributed by atoms with Gasteiger partial charge in [-0.2, -0.15) is 0 Å². The third kappa shape index (κ3) is 1.48. The van der Waals surface area contributed by atoms with Crippen LogP contribution < -0.4 is 0 Å². The summed E-state index contributed by atoms with van der Waals surface area (Å²) >= 11 is 0. The van der Waals surface area contributed by atoms with Crippen LogP contribution in [0.5, 0.6) is 0 Å². The zero-order valence-electron chi connectivity index (χ0n) is 6.02. The first-order valence-corrected chi connectivity index (χ1v) is 3.25. The van der Waals surface area contributed by atoms with Crippen LogP contribution in [0.1, 0.15) is 6.92 Å². The minimum Gasteiger partial charge on any atom is -0.480 e. The van der Waals surface area contributed by atoms with Gasteiger partial charge in [0, 0.05) is 6.54 Å². The SMILES string of the molecule is CC(C(=O)O)N1CC1C(=O)O. The lowest BCUT2D eigenvalue weighted by atomic mass is 10.3. The van der Waals surface area contributed by atoms with E-state index in [-0.39, 0.29) is 0 Å². The highest BCUT2D eigenvalue weighted by Gasteiger charge is 2.45. The molecule has 5 nitrogen and oxygen atoms in total. The van der Waals surface area contributed by atoms with Crippen molar-refractivity contribution in [3.8, 4) is 0 Å². The predicted octanol–water partition coefficient (Wildman–Crippen LogP) is -0.772. The topological polar surface area (TPSA) is 77.6 Å². The van der Waals surface area contributed by atoms with Crippen molar-refractivity contribution in [1.29, 1.82) is 0 Å². The van der Waals surface area contributed by atoms with Gasteiger partial charge in [0.25, 0.3) is 0 Å². The van der Waals surface area contributed by atoms with Gasteiger partial charge in [-0.05, 0) is 6.92 Å². The Morgan fingerprint density at radius 3 is 2.36 bits per heavy atom. The second kappa shape index (κ2) is 2.50. The van der Waals surface area contributed by atoms with Gasteiger partial charge >= 0.3 is 11.9 Å². The van der Waals surface area contributed by atoms with Gasteiger partial charge in [-0.1, -0.05) is 0 Å². The average molecular weight is 159 g/mol. The van der Waals surface area contributed by atoms with Crippen molar-refractivity contribution in [1.82, 2.24) is 4.90 Å². The Morgan fingerprint density at radius 1 is 1.55 bits per heavy atom. The van der Waals surface area contributed by atoms with E-state index in [4.69, 9.17) is 10.2 Å². The van der Waals surface area contributed by atoms with E-state index >= 15 is 0 Å². The number of carboxylic acid groups (broad SMARTS) is 2. The molecule has 1 heterocycles. The summed E-state index contributed by atoms with van der Waals surface area (Å²) in [5.41, 5.74) is 0. The highest BCUT2D eigenvalue weighted by molar-refractivity contribution is 5.80. The molecule has 3 unspecified atom stereocenters. The summed E-state index contributed by atoms with van der Waals surface area (Å²) < 4.78 is 0. The lowest BCUT2D eigenvalue weighted by Gasteiger charge is -2.05. The van der Waals surface area contributed by atoms with Crippen LogP contribution in [0.25, 0.3) is 0 Å². The van der Waals surface area contributed by atoms with E-state index in [0.29, 0.717) is 6.54 Å². The van der Waals surface area contributed by atoms with E-state index in [2.05, 4.69) is 0 Å². The smallest absolute Gasteiger partial charge is 0.322 e. The monoisotopic (exact) mass is 159 g/mol. The van der Waals surface area contributed by atoms with Crippen molar-refractivity contribution in [3.05, 3.63) is 0 Å². The summed E-state index contributed by atoms with van der Waals surface area (Å²) in [4.78, 5) is 22.0. The molecule has 0 amide bonds. The molecule has 0 bridgehead atoms. The van der Waals surface area contributed by atoms with Crippen LogP contribution in [0.2, 0.25) is 0 Å². The minimum absolute atomic E-state index is 0.350. The fourth-order valence-electron chi connectivity index (χ4n) is 0.942. The van der Waals surface area contributed by atoms with Crippen LogP contribution >= 0.6 is 0 Å². The number of carboxylic acids is 2. The van der Waals surface area contributed by atoms with Crippen molar-refractivity contribution >= 4 is 11.9 Å². The van der Waals surface area contributed by atoms with Gasteiger partial charge in [0.1, 0.15) is 12.1 Å². The Labute approximate surface area is 63.2 Å². The molecule has 0 aliphatic carbocycles. The average Bonchev–Trinajstić information content (AvgIpc) is 2.63. The van der Waals surface area contributed by atoms with Crippen LogP contribution in [-0.4, -0.2) is 45.7 Å². The zero-order valence-corrected chi connectivity index (χ0v) is 6.02. The molecule has 0 saturated carbocycles. The van der Waals surface area contributed by atoms with E-state index < -0.39 is 24.0 Å². The quantitative estimate of drug-likeness (QED) is 0.528. The molecule has 62 valence electrons. The Kier molecular flexibility index (Phi) is 1.82. The molecule has 0 aromatic carbocycles. The van der Waals surface area contributed by atoms with Gasteiger partial charge in [0.2, 0.25) is 0 Å². The summed E-state index contributed by atoms with van der Waals surface area (Å²) in [6.45, 7) is 1.83. The number of aliphatic carboxylic acids is 2. The van der Waals surface area contributed by atoms with Gasteiger partial charge in [0.05, 0.1) is 0 Å². The van der Waals surface area contributed by atoms with Crippen molar-refractivity contribution in [2.24, 2.45) is 0 Å². The van der Waals surface area contributed by atoms with E-state index in [1.807, 2.05) is 0 Å². The minimum atomic E-state index is -0.978. The molecule has 3 atom stereocenters. The molecule has 2 N–H and O–H groups in total. The Morgan fingerprint density at radius 2 is 2.09 bits per heavy atom. The standard InChI is InChI=1S/C6H9NO4/c1-3(5(8)9)7-2-4(7)6(10)11/h3-4H,2H2,1H3,(H,8,9)(H,10,11). The highest BCUT2D eigenvalue weighted by Crippen LogP contribution is 2.20. The van der Waals surface area contributed by atoms with E-state index in [1.54, 1.807) is 0 Å². The van der Waals surface area contributed by atoms with Crippen molar-refractivity contribution in [3.63, 3.8) is 0 Å². The second-order valence-corrected chi connectivity index (χ2v) is 2.57. The van der Waals surface area contributed by atoms with Crippen molar-refractivity contribution < 1.29 is 19.8 Å². The Balaban J connectivity index is 2.43. The van der Waals surface area contributed by atoms with Crippen LogP contribution in [-0.2, 0) is 9.59 Å². The van der Waals surface area contributed by atoms with Gasteiger partial charge in [-0.25, -0.2) is 0 Å². The first-order chi connectivity index (χ1) is 5.04.